The number of nitrogens with one attached hydrogen (secondary N) is 1. The first-order chi connectivity index (χ1) is 7.85. The Hall–Kier alpha value is -2.09. The van der Waals surface area contributed by atoms with Crippen LogP contribution in [0.2, 0.25) is 0 Å². The van der Waals surface area contributed by atoms with Crippen LogP contribution < -0.4 is 5.32 Å². The van der Waals surface area contributed by atoms with Crippen molar-refractivity contribution in [2.45, 2.75) is 25.8 Å². The quantitative estimate of drug-likeness (QED) is 0.782. The molecule has 16 heavy (non-hydrogen) atoms. The van der Waals surface area contributed by atoms with Gasteiger partial charge in [0.2, 0.25) is 5.65 Å². The summed E-state index contributed by atoms with van der Waals surface area (Å²) in [5.41, 5.74) is 0.693. The second-order valence-corrected chi connectivity index (χ2v) is 3.49. The van der Waals surface area contributed by atoms with Crippen LogP contribution in [0.3, 0.4) is 0 Å². The van der Waals surface area contributed by atoms with Gasteiger partial charge in [0.1, 0.15) is 6.33 Å². The molecule has 0 fully saturated rings. The predicted octanol–water partition coefficient (Wildman–Crippen LogP) is 1.34. The molecular weight excluding hydrogens is 202 g/mol. The van der Waals surface area contributed by atoms with Gasteiger partial charge < -0.3 is 5.32 Å². The molecule has 0 aliphatic carbocycles. The second kappa shape index (κ2) is 4.62. The third-order valence-electron chi connectivity index (χ3n) is 2.31. The van der Waals surface area contributed by atoms with E-state index in [1.165, 1.54) is 0 Å². The van der Waals surface area contributed by atoms with Crippen LogP contribution in [0, 0.1) is 12.3 Å². The van der Waals surface area contributed by atoms with E-state index in [1.807, 2.05) is 0 Å². The highest BCUT2D eigenvalue weighted by atomic mass is 15.2. The Bertz CT molecular complexity index is 510. The van der Waals surface area contributed by atoms with E-state index in [1.54, 1.807) is 23.1 Å². The van der Waals surface area contributed by atoms with Crippen LogP contribution in [0.4, 0.5) is 5.82 Å². The van der Waals surface area contributed by atoms with E-state index in [0.29, 0.717) is 11.5 Å². The summed E-state index contributed by atoms with van der Waals surface area (Å²) in [6.07, 6.45) is 12.5. The maximum absolute atomic E-state index is 5.44. The van der Waals surface area contributed by atoms with E-state index < -0.39 is 0 Å². The number of terminal acetylenes is 1. The van der Waals surface area contributed by atoms with Crippen molar-refractivity contribution in [2.75, 3.05) is 5.32 Å². The van der Waals surface area contributed by atoms with Gasteiger partial charge in [-0.1, -0.05) is 19.3 Å². The Labute approximate surface area is 93.9 Å². The Kier molecular flexibility index (Phi) is 3.01. The molecule has 0 bridgehead atoms. The van der Waals surface area contributed by atoms with Gasteiger partial charge in [0, 0.05) is 12.4 Å². The van der Waals surface area contributed by atoms with Crippen LogP contribution in [0.1, 0.15) is 19.8 Å². The monoisotopic (exact) mass is 215 g/mol. The van der Waals surface area contributed by atoms with Gasteiger partial charge in [0.15, 0.2) is 5.82 Å². The molecule has 0 radical (unpaired) electrons. The average molecular weight is 215 g/mol. The van der Waals surface area contributed by atoms with Gasteiger partial charge in [0.25, 0.3) is 0 Å². The zero-order valence-corrected chi connectivity index (χ0v) is 9.09. The molecule has 0 saturated heterocycles. The molecule has 1 atom stereocenters. The fraction of sp³-hybridized carbons (Fsp3) is 0.364. The summed E-state index contributed by atoms with van der Waals surface area (Å²) in [7, 11) is 0. The fourth-order valence-electron chi connectivity index (χ4n) is 1.51. The summed E-state index contributed by atoms with van der Waals surface area (Å²) >= 11 is 0. The molecule has 2 rings (SSSR count). The van der Waals surface area contributed by atoms with E-state index >= 15 is 0 Å². The molecular formula is C11H13N5. The van der Waals surface area contributed by atoms with Crippen LogP contribution in [0.15, 0.2) is 18.7 Å². The molecule has 5 heteroatoms. The lowest BCUT2D eigenvalue weighted by Gasteiger charge is -2.12. The molecule has 82 valence electrons. The molecule has 0 saturated carbocycles. The lowest BCUT2D eigenvalue weighted by Crippen LogP contribution is -2.18. The zero-order chi connectivity index (χ0) is 11.4. The molecule has 2 aromatic heterocycles. The van der Waals surface area contributed by atoms with Crippen LogP contribution >= 0.6 is 0 Å². The standard InChI is InChI=1S/C11H13N5/c1-3-5-9(4-2)14-10-11-15-13-8-16(11)7-6-12-10/h2,6-9H,3,5H2,1H3,(H,12,14). The summed E-state index contributed by atoms with van der Waals surface area (Å²) in [4.78, 5) is 4.22. The molecule has 5 nitrogen and oxygen atoms in total. The average Bonchev–Trinajstić information content (AvgIpc) is 2.77. The smallest absolute Gasteiger partial charge is 0.203 e. The van der Waals surface area contributed by atoms with Gasteiger partial charge in [-0.25, -0.2) is 4.98 Å². The Morgan fingerprint density at radius 2 is 2.50 bits per heavy atom. The van der Waals surface area contributed by atoms with Gasteiger partial charge >= 0.3 is 0 Å². The molecule has 0 amide bonds. The first-order valence-electron chi connectivity index (χ1n) is 5.22. The second-order valence-electron chi connectivity index (χ2n) is 3.49. The van der Waals surface area contributed by atoms with Crippen molar-refractivity contribution in [3.05, 3.63) is 18.7 Å². The molecule has 0 spiro atoms. The van der Waals surface area contributed by atoms with Crippen LogP contribution in [0.5, 0.6) is 0 Å². The van der Waals surface area contributed by atoms with E-state index in [4.69, 9.17) is 6.42 Å². The maximum Gasteiger partial charge on any atom is 0.203 e. The van der Waals surface area contributed by atoms with E-state index in [-0.39, 0.29) is 6.04 Å². The molecule has 2 aromatic rings. The van der Waals surface area contributed by atoms with Gasteiger partial charge in [-0.2, -0.15) is 0 Å². The number of nitrogens with zero attached hydrogens (tertiary/aromatic N) is 4. The predicted molar refractivity (Wildman–Crippen MR) is 61.9 cm³/mol. The van der Waals surface area contributed by atoms with Crippen molar-refractivity contribution in [3.8, 4) is 12.3 Å². The van der Waals surface area contributed by atoms with Crippen molar-refractivity contribution >= 4 is 11.5 Å². The highest BCUT2D eigenvalue weighted by Crippen LogP contribution is 2.12. The first-order valence-corrected chi connectivity index (χ1v) is 5.22. The molecule has 2 heterocycles. The highest BCUT2D eigenvalue weighted by molar-refractivity contribution is 5.62. The van der Waals surface area contributed by atoms with Crippen LogP contribution in [-0.2, 0) is 0 Å². The molecule has 0 aromatic carbocycles. The third-order valence-corrected chi connectivity index (χ3v) is 2.31. The van der Waals surface area contributed by atoms with Gasteiger partial charge in [0.05, 0.1) is 6.04 Å². The third kappa shape index (κ3) is 1.96. The normalized spacial score (nSPS) is 12.2. The molecule has 1 N–H and O–H groups in total. The lowest BCUT2D eigenvalue weighted by molar-refractivity contribution is 0.752. The van der Waals surface area contributed by atoms with Crippen molar-refractivity contribution < 1.29 is 0 Å². The summed E-state index contributed by atoms with van der Waals surface area (Å²) in [5, 5.41) is 11.0. The van der Waals surface area contributed by atoms with E-state index in [9.17, 15) is 0 Å². The van der Waals surface area contributed by atoms with E-state index in [2.05, 4.69) is 33.3 Å². The minimum absolute atomic E-state index is 0.0135. The molecule has 0 aliphatic heterocycles. The zero-order valence-electron chi connectivity index (χ0n) is 9.09. The largest absolute Gasteiger partial charge is 0.353 e. The Morgan fingerprint density at radius 3 is 3.25 bits per heavy atom. The lowest BCUT2D eigenvalue weighted by atomic mass is 10.2. The van der Waals surface area contributed by atoms with Gasteiger partial charge in [-0.15, -0.1) is 16.6 Å². The van der Waals surface area contributed by atoms with Crippen molar-refractivity contribution in [1.29, 1.82) is 0 Å². The number of hydrogen-bond donors (Lipinski definition) is 1. The topological polar surface area (TPSA) is 55.1 Å². The maximum atomic E-state index is 5.44. The van der Waals surface area contributed by atoms with Crippen LogP contribution in [-0.4, -0.2) is 25.6 Å². The van der Waals surface area contributed by atoms with Crippen LogP contribution in [0.25, 0.3) is 5.65 Å². The van der Waals surface area contributed by atoms with Crippen molar-refractivity contribution in [1.82, 2.24) is 19.6 Å². The minimum Gasteiger partial charge on any atom is -0.353 e. The fourth-order valence-corrected chi connectivity index (χ4v) is 1.51. The molecule has 0 aliphatic rings. The van der Waals surface area contributed by atoms with Gasteiger partial charge in [-0.05, 0) is 6.42 Å². The summed E-state index contributed by atoms with van der Waals surface area (Å²) in [6, 6.07) is -0.0135. The Balaban J connectivity index is 2.26. The number of aromatic nitrogens is 4. The van der Waals surface area contributed by atoms with Crippen molar-refractivity contribution in [3.63, 3.8) is 0 Å². The number of fused-ring (bicyclic) bond motifs is 1. The van der Waals surface area contributed by atoms with Gasteiger partial charge in [-0.3, -0.25) is 4.40 Å². The highest BCUT2D eigenvalue weighted by Gasteiger charge is 2.08. The summed E-state index contributed by atoms with van der Waals surface area (Å²) in [6.45, 7) is 2.09. The number of anilines is 1. The molecule has 1 unspecified atom stereocenters. The Morgan fingerprint density at radius 1 is 1.62 bits per heavy atom. The van der Waals surface area contributed by atoms with Crippen molar-refractivity contribution in [2.24, 2.45) is 0 Å². The SMILES string of the molecule is C#CC(CCC)Nc1nccn2cnnc12. The summed E-state index contributed by atoms with van der Waals surface area (Å²) < 4.78 is 1.80. The number of hydrogen-bond acceptors (Lipinski definition) is 4. The number of rotatable bonds is 4. The summed E-state index contributed by atoms with van der Waals surface area (Å²) in [5.74, 6) is 3.38. The van der Waals surface area contributed by atoms with E-state index in [0.717, 1.165) is 12.8 Å². The first kappa shape index (κ1) is 10.4. The minimum atomic E-state index is -0.0135.